The lowest BCUT2D eigenvalue weighted by atomic mass is 9.75. The SMILES string of the molecule is [2H]C([2H])([2H])n1ncc(-c2ccc([C@@]3(CC(C)(C)C)N=C(N)N([C@H](COC(=O)CC4(C(F)(F)F)CC4)c4ccc(Cl)c(-n5ncnc5C(F)F)c4)C3=O)cc2F)n1. The van der Waals surface area contributed by atoms with E-state index >= 15 is 4.39 Å². The molecule has 12 nitrogen and oxygen atoms in total. The van der Waals surface area contributed by atoms with Crippen LogP contribution in [0.3, 0.4) is 0 Å². The maximum atomic E-state index is 15.9. The van der Waals surface area contributed by atoms with E-state index < -0.39 is 84.5 Å². The van der Waals surface area contributed by atoms with Gasteiger partial charge >= 0.3 is 12.1 Å². The minimum atomic E-state index is -4.66. The highest BCUT2D eigenvalue weighted by molar-refractivity contribution is 6.32. The first-order valence-corrected chi connectivity index (χ1v) is 16.5. The number of amides is 1. The van der Waals surface area contributed by atoms with Gasteiger partial charge in [-0.05, 0) is 60.1 Å². The number of rotatable bonds is 11. The van der Waals surface area contributed by atoms with Crippen molar-refractivity contribution >= 4 is 29.4 Å². The molecule has 1 amide bonds. The number of ether oxygens (including phenoxy) is 1. The van der Waals surface area contributed by atoms with Gasteiger partial charge in [0.25, 0.3) is 12.3 Å². The van der Waals surface area contributed by atoms with Crippen molar-refractivity contribution in [3.8, 4) is 16.9 Å². The first kappa shape index (κ1) is 33.8. The summed E-state index contributed by atoms with van der Waals surface area (Å²) in [7, 11) is 0. The van der Waals surface area contributed by atoms with Gasteiger partial charge in [0.2, 0.25) is 0 Å². The molecule has 0 bridgehead atoms. The average Bonchev–Trinajstić information content (AvgIpc) is 3.39. The molecule has 3 heterocycles. The van der Waals surface area contributed by atoms with Crippen molar-refractivity contribution in [3.63, 3.8) is 0 Å². The molecular formula is C34H34ClF6N9O3. The Kier molecular flexibility index (Phi) is 8.58. The second kappa shape index (κ2) is 13.4. The molecule has 53 heavy (non-hydrogen) atoms. The second-order valence-corrected chi connectivity index (χ2v) is 14.6. The molecule has 2 aromatic heterocycles. The zero-order chi connectivity index (χ0) is 41.2. The molecule has 19 heteroatoms. The lowest BCUT2D eigenvalue weighted by Gasteiger charge is -2.35. The Morgan fingerprint density at radius 3 is 2.47 bits per heavy atom. The van der Waals surface area contributed by atoms with E-state index in [-0.39, 0.29) is 52.4 Å². The fourth-order valence-corrected chi connectivity index (χ4v) is 6.65. The van der Waals surface area contributed by atoms with Crippen molar-refractivity contribution in [2.24, 2.45) is 28.5 Å². The summed E-state index contributed by atoms with van der Waals surface area (Å²) in [4.78, 5) is 37.4. The molecule has 2 N–H and O–H groups in total. The highest BCUT2D eigenvalue weighted by Crippen LogP contribution is 2.60. The Labute approximate surface area is 308 Å². The molecule has 282 valence electrons. The van der Waals surface area contributed by atoms with Gasteiger partial charge in [-0.15, -0.1) is 0 Å². The first-order chi connectivity index (χ1) is 26.0. The van der Waals surface area contributed by atoms with Gasteiger partial charge in [-0.1, -0.05) is 44.5 Å². The van der Waals surface area contributed by atoms with Crippen molar-refractivity contribution in [2.75, 3.05) is 6.61 Å². The molecule has 0 radical (unpaired) electrons. The number of nitrogens with zero attached hydrogens (tertiary/aromatic N) is 8. The zero-order valence-corrected chi connectivity index (χ0v) is 29.1. The Morgan fingerprint density at radius 2 is 1.87 bits per heavy atom. The predicted molar refractivity (Wildman–Crippen MR) is 178 cm³/mol. The molecule has 1 aliphatic heterocycles. The van der Waals surface area contributed by atoms with Crippen molar-refractivity contribution in [1.29, 1.82) is 0 Å². The normalized spacial score (nSPS) is 20.2. The molecule has 1 aliphatic carbocycles. The van der Waals surface area contributed by atoms with E-state index in [9.17, 15) is 31.5 Å². The summed E-state index contributed by atoms with van der Waals surface area (Å²) in [6.45, 7) is 1.85. The van der Waals surface area contributed by atoms with E-state index in [0.717, 1.165) is 28.2 Å². The quantitative estimate of drug-likeness (QED) is 0.133. The third-order valence-electron chi connectivity index (χ3n) is 9.13. The summed E-state index contributed by atoms with van der Waals surface area (Å²) in [6, 6.07) is 6.14. The van der Waals surface area contributed by atoms with Crippen molar-refractivity contribution in [2.45, 2.75) is 70.6 Å². The van der Waals surface area contributed by atoms with Crippen LogP contribution in [0.25, 0.3) is 16.9 Å². The number of carbonyl (C=O) groups excluding carboxylic acids is 2. The third-order valence-corrected chi connectivity index (χ3v) is 9.45. The van der Waals surface area contributed by atoms with Gasteiger partial charge in [-0.25, -0.2) is 27.8 Å². The maximum Gasteiger partial charge on any atom is 0.395 e. The number of esters is 1. The van der Waals surface area contributed by atoms with Crippen molar-refractivity contribution in [1.82, 2.24) is 34.7 Å². The third kappa shape index (κ3) is 7.20. The molecule has 6 rings (SSSR count). The number of guanidine groups is 1. The summed E-state index contributed by atoms with van der Waals surface area (Å²) in [5.41, 5.74) is 1.33. The van der Waals surface area contributed by atoms with Gasteiger partial charge in [0.15, 0.2) is 17.3 Å². The molecule has 1 fully saturated rings. The van der Waals surface area contributed by atoms with E-state index in [4.69, 9.17) is 26.2 Å². The smallest absolute Gasteiger partial charge is 0.395 e. The summed E-state index contributed by atoms with van der Waals surface area (Å²) in [5, 5.41) is 11.3. The fraction of sp³-hybridized carbons (Fsp3) is 0.441. The van der Waals surface area contributed by atoms with Crippen LogP contribution in [-0.4, -0.2) is 65.3 Å². The topological polar surface area (TPSA) is 146 Å². The Morgan fingerprint density at radius 1 is 1.13 bits per heavy atom. The minimum Gasteiger partial charge on any atom is -0.463 e. The predicted octanol–water partition coefficient (Wildman–Crippen LogP) is 6.60. The molecule has 2 aromatic carbocycles. The average molecular weight is 769 g/mol. The number of alkyl halides is 5. The van der Waals surface area contributed by atoms with E-state index in [1.165, 1.54) is 30.3 Å². The van der Waals surface area contributed by atoms with E-state index in [1.54, 1.807) is 20.8 Å². The number of aryl methyl sites for hydroxylation is 1. The maximum absolute atomic E-state index is 15.9. The number of hydrogen-bond acceptors (Lipinski definition) is 9. The number of hydrogen-bond donors (Lipinski definition) is 1. The monoisotopic (exact) mass is 768 g/mol. The van der Waals surface area contributed by atoms with Gasteiger partial charge in [-0.2, -0.15) is 33.3 Å². The highest BCUT2D eigenvalue weighted by Gasteiger charge is 2.64. The van der Waals surface area contributed by atoms with Gasteiger partial charge in [0.05, 0.1) is 34.8 Å². The number of nitrogens with two attached hydrogens (primary N) is 1. The number of halogens is 7. The molecule has 0 unspecified atom stereocenters. The van der Waals surface area contributed by atoms with Gasteiger partial charge in [-0.3, -0.25) is 14.5 Å². The summed E-state index contributed by atoms with van der Waals surface area (Å²) < 4.78 is 114. The number of aromatic nitrogens is 6. The summed E-state index contributed by atoms with van der Waals surface area (Å²) >= 11 is 6.40. The van der Waals surface area contributed by atoms with Crippen LogP contribution < -0.4 is 5.73 Å². The molecule has 0 spiro atoms. The number of aliphatic imine (C=N–C) groups is 1. The zero-order valence-electron chi connectivity index (χ0n) is 31.3. The first-order valence-electron chi connectivity index (χ1n) is 17.6. The van der Waals surface area contributed by atoms with Crippen LogP contribution in [0.1, 0.15) is 80.0 Å². The van der Waals surface area contributed by atoms with Crippen LogP contribution in [0.4, 0.5) is 26.3 Å². The van der Waals surface area contributed by atoms with E-state index in [0.29, 0.717) is 4.80 Å². The summed E-state index contributed by atoms with van der Waals surface area (Å²) in [6.07, 6.45) is -7.42. The molecule has 1 saturated carbocycles. The fourth-order valence-electron chi connectivity index (χ4n) is 6.46. The number of carbonyl (C=O) groups is 2. The van der Waals surface area contributed by atoms with Crippen LogP contribution >= 0.6 is 11.6 Å². The molecule has 0 saturated heterocycles. The van der Waals surface area contributed by atoms with Crippen LogP contribution in [0.15, 0.2) is 53.9 Å². The molecular weight excluding hydrogens is 732 g/mol. The Hall–Kier alpha value is -5.00. The van der Waals surface area contributed by atoms with Crippen molar-refractivity contribution in [3.05, 3.63) is 76.7 Å². The minimum absolute atomic E-state index is 0.0184. The van der Waals surface area contributed by atoms with E-state index in [1.807, 2.05) is 0 Å². The Balaban J connectivity index is 1.42. The molecule has 2 atom stereocenters. The largest absolute Gasteiger partial charge is 0.463 e. The van der Waals surface area contributed by atoms with Crippen LogP contribution in [0.5, 0.6) is 0 Å². The van der Waals surface area contributed by atoms with Crippen LogP contribution in [-0.2, 0) is 26.8 Å². The van der Waals surface area contributed by atoms with E-state index in [2.05, 4.69) is 25.3 Å². The Bertz CT molecular complexity index is 2200. The molecule has 2 aliphatic rings. The second-order valence-electron chi connectivity index (χ2n) is 14.2. The lowest BCUT2D eigenvalue weighted by Crippen LogP contribution is -2.47. The lowest BCUT2D eigenvalue weighted by molar-refractivity contribution is -0.195. The van der Waals surface area contributed by atoms with Gasteiger partial charge < -0.3 is 10.5 Å². The summed E-state index contributed by atoms with van der Waals surface area (Å²) in [5.74, 6) is -4.19. The van der Waals surface area contributed by atoms with Crippen LogP contribution in [0.2, 0.25) is 5.02 Å². The standard InChI is InChI=1S/C34H34ClF6N9O3/c1-31(2,3)16-33(19-6-7-20(22(36)12-19)23-14-44-48(4)47-23)29(52)49(30(42)46-33)25(15-53-26(51)13-32(9-10-32)34(39,40)41)18-5-8-21(35)24(11-18)50-28(27(37)38)43-17-45-50/h5-8,11-12,14,17,25,27H,9-10,13,15-16H2,1-4H3,(H2,42,46)/t25-,33-/m1/s1/i4D3. The van der Waals surface area contributed by atoms with Crippen molar-refractivity contribution < 1.29 is 44.8 Å². The van der Waals surface area contributed by atoms with Gasteiger partial charge in [0.1, 0.15) is 24.4 Å². The highest BCUT2D eigenvalue weighted by atomic mass is 35.5. The van der Waals surface area contributed by atoms with Crippen LogP contribution in [0, 0.1) is 16.6 Å². The molecule has 4 aromatic rings. The number of benzene rings is 2. The van der Waals surface area contributed by atoms with Gasteiger partial charge in [0, 0.05) is 16.7 Å².